The minimum atomic E-state index is -0.898. The van der Waals surface area contributed by atoms with E-state index in [1.807, 2.05) is 30.3 Å². The lowest BCUT2D eigenvalue weighted by Gasteiger charge is -2.34. The van der Waals surface area contributed by atoms with Gasteiger partial charge in [0.1, 0.15) is 18.4 Å². The predicted molar refractivity (Wildman–Crippen MR) is 116 cm³/mol. The van der Waals surface area contributed by atoms with Crippen LogP contribution in [0, 0.1) is 0 Å². The van der Waals surface area contributed by atoms with Crippen LogP contribution in [-0.4, -0.2) is 48.4 Å². The van der Waals surface area contributed by atoms with Gasteiger partial charge in [-0.15, -0.1) is 0 Å². The first-order chi connectivity index (χ1) is 15.1. The second kappa shape index (κ2) is 11.2. The molecule has 1 fully saturated rings. The molecule has 7 heteroatoms. The zero-order valence-corrected chi connectivity index (χ0v) is 17.7. The molecule has 1 saturated heterocycles. The van der Waals surface area contributed by atoms with Crippen LogP contribution in [0.2, 0.25) is 0 Å². The lowest BCUT2D eigenvalue weighted by Crippen LogP contribution is -2.57. The van der Waals surface area contributed by atoms with Crippen LogP contribution < -0.4 is 10.1 Å². The summed E-state index contributed by atoms with van der Waals surface area (Å²) in [6.45, 7) is 3.52. The normalized spacial score (nSPS) is 15.8. The fourth-order valence-electron chi connectivity index (χ4n) is 3.31. The molecule has 0 aromatic heterocycles. The Labute approximate surface area is 182 Å². The maximum absolute atomic E-state index is 13.0. The zero-order valence-electron chi connectivity index (χ0n) is 17.7. The molecule has 2 aromatic carbocycles. The standard InChI is InChI=1S/C24H28N2O5/c1-2-3-15-30-20-11-9-19(10-12-20)24(29)26-14-13-25-23(28)21(26)16-22(27)31-17-18-7-5-4-6-8-18/h4-12,21H,2-3,13-17H2,1H3,(H,25,28)/t21-/m0/s1. The monoisotopic (exact) mass is 424 g/mol. The van der Waals surface area contributed by atoms with E-state index in [9.17, 15) is 14.4 Å². The van der Waals surface area contributed by atoms with Crippen molar-refractivity contribution in [3.63, 3.8) is 0 Å². The number of carbonyl (C=O) groups excluding carboxylic acids is 3. The zero-order chi connectivity index (χ0) is 22.1. The third-order valence-corrected chi connectivity index (χ3v) is 5.06. The molecule has 0 bridgehead atoms. The Morgan fingerprint density at radius 3 is 2.55 bits per heavy atom. The van der Waals surface area contributed by atoms with Gasteiger partial charge in [-0.2, -0.15) is 0 Å². The Kier molecular flexibility index (Phi) is 8.04. The van der Waals surface area contributed by atoms with Gasteiger partial charge in [-0.25, -0.2) is 0 Å². The largest absolute Gasteiger partial charge is 0.494 e. The average Bonchev–Trinajstić information content (AvgIpc) is 2.80. The molecule has 3 rings (SSSR count). The van der Waals surface area contributed by atoms with E-state index in [1.165, 1.54) is 4.90 Å². The van der Waals surface area contributed by atoms with Gasteiger partial charge in [0.05, 0.1) is 13.0 Å². The highest BCUT2D eigenvalue weighted by molar-refractivity contribution is 5.99. The average molecular weight is 424 g/mol. The predicted octanol–water partition coefficient (Wildman–Crippen LogP) is 2.94. The molecule has 1 aliphatic rings. The van der Waals surface area contributed by atoms with Crippen LogP contribution in [-0.2, 0) is 20.9 Å². The lowest BCUT2D eigenvalue weighted by atomic mass is 10.1. The Morgan fingerprint density at radius 1 is 1.10 bits per heavy atom. The smallest absolute Gasteiger partial charge is 0.308 e. The van der Waals surface area contributed by atoms with Crippen LogP contribution in [0.3, 0.4) is 0 Å². The molecule has 1 heterocycles. The lowest BCUT2D eigenvalue weighted by molar-refractivity contribution is -0.148. The number of nitrogens with one attached hydrogen (secondary N) is 1. The van der Waals surface area contributed by atoms with E-state index in [1.54, 1.807) is 24.3 Å². The maximum Gasteiger partial charge on any atom is 0.308 e. The molecule has 31 heavy (non-hydrogen) atoms. The highest BCUT2D eigenvalue weighted by atomic mass is 16.5. The summed E-state index contributed by atoms with van der Waals surface area (Å²) in [6, 6.07) is 15.3. The number of hydrogen-bond acceptors (Lipinski definition) is 5. The molecule has 7 nitrogen and oxygen atoms in total. The van der Waals surface area contributed by atoms with Gasteiger partial charge < -0.3 is 19.7 Å². The third kappa shape index (κ3) is 6.31. The summed E-state index contributed by atoms with van der Waals surface area (Å²) in [5, 5.41) is 2.72. The molecular weight excluding hydrogens is 396 g/mol. The van der Waals surface area contributed by atoms with E-state index in [-0.39, 0.29) is 24.8 Å². The molecule has 0 aliphatic carbocycles. The Hall–Kier alpha value is -3.35. The number of amides is 2. The molecule has 0 spiro atoms. The molecule has 164 valence electrons. The fraction of sp³-hybridized carbons (Fsp3) is 0.375. The van der Waals surface area contributed by atoms with Gasteiger partial charge >= 0.3 is 5.97 Å². The summed E-state index contributed by atoms with van der Waals surface area (Å²) in [6.07, 6.45) is 1.82. The van der Waals surface area contributed by atoms with Crippen molar-refractivity contribution in [1.29, 1.82) is 0 Å². The van der Waals surface area contributed by atoms with E-state index in [2.05, 4.69) is 12.2 Å². The molecule has 1 atom stereocenters. The molecule has 1 aliphatic heterocycles. The van der Waals surface area contributed by atoms with Gasteiger partial charge in [-0.05, 0) is 36.2 Å². The molecule has 2 amide bonds. The first-order valence-corrected chi connectivity index (χ1v) is 10.6. The van der Waals surface area contributed by atoms with Gasteiger partial charge in [-0.1, -0.05) is 43.7 Å². The number of esters is 1. The molecule has 0 saturated carbocycles. The van der Waals surface area contributed by atoms with Crippen molar-refractivity contribution >= 4 is 17.8 Å². The summed E-state index contributed by atoms with van der Waals surface area (Å²) < 4.78 is 10.9. The topological polar surface area (TPSA) is 84.9 Å². The second-order valence-corrected chi connectivity index (χ2v) is 7.38. The number of nitrogens with zero attached hydrogens (tertiary/aromatic N) is 1. The van der Waals surface area contributed by atoms with Crippen LogP contribution in [0.5, 0.6) is 5.75 Å². The Bertz CT molecular complexity index is 883. The van der Waals surface area contributed by atoms with Crippen molar-refractivity contribution in [1.82, 2.24) is 10.2 Å². The Morgan fingerprint density at radius 2 is 1.84 bits per heavy atom. The van der Waals surface area contributed by atoms with Crippen LogP contribution in [0.4, 0.5) is 0 Å². The van der Waals surface area contributed by atoms with Crippen molar-refractivity contribution < 1.29 is 23.9 Å². The van der Waals surface area contributed by atoms with Crippen LogP contribution >= 0.6 is 0 Å². The fourth-order valence-corrected chi connectivity index (χ4v) is 3.31. The number of carbonyl (C=O) groups is 3. The van der Waals surface area contributed by atoms with E-state index in [0.717, 1.165) is 18.4 Å². The van der Waals surface area contributed by atoms with Crippen molar-refractivity contribution in [2.45, 2.75) is 38.8 Å². The van der Waals surface area contributed by atoms with E-state index < -0.39 is 12.0 Å². The second-order valence-electron chi connectivity index (χ2n) is 7.38. The summed E-state index contributed by atoms with van der Waals surface area (Å²) in [7, 11) is 0. The van der Waals surface area contributed by atoms with Crippen molar-refractivity contribution in [2.24, 2.45) is 0 Å². The van der Waals surface area contributed by atoms with Crippen LogP contribution in [0.15, 0.2) is 54.6 Å². The molecule has 2 aromatic rings. The number of unbranched alkanes of at least 4 members (excludes halogenated alkanes) is 1. The number of hydrogen-bond donors (Lipinski definition) is 1. The SMILES string of the molecule is CCCCOc1ccc(C(=O)N2CCNC(=O)[C@@H]2CC(=O)OCc2ccccc2)cc1. The van der Waals surface area contributed by atoms with Crippen molar-refractivity contribution in [2.75, 3.05) is 19.7 Å². The highest BCUT2D eigenvalue weighted by Crippen LogP contribution is 2.18. The van der Waals surface area contributed by atoms with Gasteiger partial charge in [0, 0.05) is 18.7 Å². The van der Waals surface area contributed by atoms with Crippen molar-refractivity contribution in [3.8, 4) is 5.75 Å². The van der Waals surface area contributed by atoms with E-state index in [4.69, 9.17) is 9.47 Å². The summed E-state index contributed by atoms with van der Waals surface area (Å²) >= 11 is 0. The quantitative estimate of drug-likeness (QED) is 0.494. The van der Waals surface area contributed by atoms with Crippen molar-refractivity contribution in [3.05, 3.63) is 65.7 Å². The van der Waals surface area contributed by atoms with Gasteiger partial charge in [-0.3, -0.25) is 14.4 Å². The minimum Gasteiger partial charge on any atom is -0.494 e. The van der Waals surface area contributed by atoms with E-state index in [0.29, 0.717) is 31.0 Å². The van der Waals surface area contributed by atoms with Gasteiger partial charge in [0.25, 0.3) is 5.91 Å². The molecule has 1 N–H and O–H groups in total. The summed E-state index contributed by atoms with van der Waals surface area (Å²) in [5.74, 6) is -0.475. The number of ether oxygens (including phenoxy) is 2. The number of benzene rings is 2. The Balaban J connectivity index is 1.62. The summed E-state index contributed by atoms with van der Waals surface area (Å²) in [4.78, 5) is 39.2. The van der Waals surface area contributed by atoms with E-state index >= 15 is 0 Å². The van der Waals surface area contributed by atoms with Gasteiger partial charge in [0.15, 0.2) is 0 Å². The molecule has 0 unspecified atom stereocenters. The molecule has 0 radical (unpaired) electrons. The minimum absolute atomic E-state index is 0.126. The van der Waals surface area contributed by atoms with Crippen LogP contribution in [0.25, 0.3) is 0 Å². The number of rotatable bonds is 9. The first kappa shape index (κ1) is 22.3. The van der Waals surface area contributed by atoms with Gasteiger partial charge in [0.2, 0.25) is 5.91 Å². The highest BCUT2D eigenvalue weighted by Gasteiger charge is 2.35. The third-order valence-electron chi connectivity index (χ3n) is 5.06. The number of piperazine rings is 1. The molecular formula is C24H28N2O5. The first-order valence-electron chi connectivity index (χ1n) is 10.6. The summed E-state index contributed by atoms with van der Waals surface area (Å²) in [5.41, 5.74) is 1.30. The van der Waals surface area contributed by atoms with Crippen LogP contribution in [0.1, 0.15) is 42.1 Å². The maximum atomic E-state index is 13.0.